The van der Waals surface area contributed by atoms with Crippen LogP contribution in [-0.4, -0.2) is 18.9 Å². The van der Waals surface area contributed by atoms with Gasteiger partial charge >= 0.3 is 5.97 Å². The van der Waals surface area contributed by atoms with Gasteiger partial charge in [-0.05, 0) is 47.0 Å². The van der Waals surface area contributed by atoms with Crippen molar-refractivity contribution in [3.63, 3.8) is 0 Å². The molecule has 0 aromatic carbocycles. The number of esters is 1. The molecule has 1 atom stereocenters. The largest absolute Gasteiger partial charge is 0.468 e. The Morgan fingerprint density at radius 1 is 1.11 bits per heavy atom. The zero-order valence-corrected chi connectivity index (χ0v) is 12.1. The SMILES string of the molecule is COC(=O)[C@H](C/C=C(\C)CCC=C(C)C)C(C)=O. The number of hydrogen-bond donors (Lipinski definition) is 0. The summed E-state index contributed by atoms with van der Waals surface area (Å²) in [5, 5.41) is 0. The van der Waals surface area contributed by atoms with Crippen molar-refractivity contribution in [2.75, 3.05) is 7.11 Å². The maximum absolute atomic E-state index is 11.4. The summed E-state index contributed by atoms with van der Waals surface area (Å²) in [6.07, 6.45) is 6.52. The summed E-state index contributed by atoms with van der Waals surface area (Å²) in [6.45, 7) is 7.59. The molecule has 18 heavy (non-hydrogen) atoms. The fourth-order valence-corrected chi connectivity index (χ4v) is 1.58. The van der Waals surface area contributed by atoms with Gasteiger partial charge in [-0.25, -0.2) is 0 Å². The second kappa shape index (κ2) is 8.67. The van der Waals surface area contributed by atoms with Gasteiger partial charge in [0.1, 0.15) is 11.7 Å². The van der Waals surface area contributed by atoms with Crippen LogP contribution in [0.15, 0.2) is 23.3 Å². The monoisotopic (exact) mass is 252 g/mol. The summed E-state index contributed by atoms with van der Waals surface area (Å²) in [6, 6.07) is 0. The van der Waals surface area contributed by atoms with Gasteiger partial charge in [-0.1, -0.05) is 23.3 Å². The Balaban J connectivity index is 4.36. The lowest BCUT2D eigenvalue weighted by Crippen LogP contribution is -2.22. The standard InChI is InChI=1S/C15H24O3/c1-11(2)7-6-8-12(3)9-10-14(13(4)16)15(17)18-5/h7,9,14H,6,8,10H2,1-5H3/b12-9+/t14-/m1/s1. The lowest BCUT2D eigenvalue weighted by Gasteiger charge is -2.09. The number of allylic oxidation sites excluding steroid dienone is 4. The van der Waals surface area contributed by atoms with Crippen molar-refractivity contribution in [1.29, 1.82) is 0 Å². The molecule has 0 radical (unpaired) electrons. The van der Waals surface area contributed by atoms with Crippen LogP contribution in [0.5, 0.6) is 0 Å². The zero-order chi connectivity index (χ0) is 14.1. The minimum atomic E-state index is -0.659. The summed E-state index contributed by atoms with van der Waals surface area (Å²) in [4.78, 5) is 22.7. The molecular weight excluding hydrogens is 228 g/mol. The van der Waals surface area contributed by atoms with Crippen LogP contribution in [0.2, 0.25) is 0 Å². The van der Waals surface area contributed by atoms with Gasteiger partial charge in [-0.3, -0.25) is 9.59 Å². The van der Waals surface area contributed by atoms with E-state index in [-0.39, 0.29) is 5.78 Å². The molecule has 0 saturated carbocycles. The predicted octanol–water partition coefficient (Wildman–Crippen LogP) is 3.45. The highest BCUT2D eigenvalue weighted by atomic mass is 16.5. The molecule has 3 heteroatoms. The zero-order valence-electron chi connectivity index (χ0n) is 12.1. The van der Waals surface area contributed by atoms with Gasteiger partial charge in [0.2, 0.25) is 0 Å². The maximum atomic E-state index is 11.4. The Morgan fingerprint density at radius 3 is 2.17 bits per heavy atom. The average Bonchev–Trinajstić information content (AvgIpc) is 2.27. The highest BCUT2D eigenvalue weighted by Gasteiger charge is 2.22. The Labute approximate surface area is 110 Å². The maximum Gasteiger partial charge on any atom is 0.316 e. The molecule has 0 aliphatic rings. The van der Waals surface area contributed by atoms with E-state index in [1.165, 1.54) is 25.2 Å². The topological polar surface area (TPSA) is 43.4 Å². The molecule has 0 bridgehead atoms. The van der Waals surface area contributed by atoms with Crippen LogP contribution in [0.25, 0.3) is 0 Å². The van der Waals surface area contributed by atoms with E-state index in [9.17, 15) is 9.59 Å². The first kappa shape index (κ1) is 16.6. The first-order chi connectivity index (χ1) is 8.38. The smallest absolute Gasteiger partial charge is 0.316 e. The van der Waals surface area contributed by atoms with Gasteiger partial charge in [0.25, 0.3) is 0 Å². The Morgan fingerprint density at radius 2 is 1.72 bits per heavy atom. The molecule has 0 aromatic heterocycles. The predicted molar refractivity (Wildman–Crippen MR) is 73.2 cm³/mol. The van der Waals surface area contributed by atoms with Crippen molar-refractivity contribution in [3.05, 3.63) is 23.3 Å². The van der Waals surface area contributed by atoms with Crippen LogP contribution in [0.1, 0.15) is 47.0 Å². The van der Waals surface area contributed by atoms with Crippen molar-refractivity contribution in [3.8, 4) is 0 Å². The van der Waals surface area contributed by atoms with Gasteiger partial charge in [0.05, 0.1) is 7.11 Å². The third kappa shape index (κ3) is 7.05. The first-order valence-electron chi connectivity index (χ1n) is 6.25. The molecule has 0 heterocycles. The van der Waals surface area contributed by atoms with Crippen LogP contribution in [0, 0.1) is 5.92 Å². The van der Waals surface area contributed by atoms with Crippen LogP contribution < -0.4 is 0 Å². The van der Waals surface area contributed by atoms with Crippen molar-refractivity contribution in [2.24, 2.45) is 5.92 Å². The molecule has 0 rings (SSSR count). The van der Waals surface area contributed by atoms with Gasteiger partial charge in [0, 0.05) is 0 Å². The van der Waals surface area contributed by atoms with Gasteiger partial charge < -0.3 is 4.74 Å². The minimum absolute atomic E-state index is 0.143. The van der Waals surface area contributed by atoms with E-state index in [1.807, 2.05) is 13.0 Å². The molecule has 0 aliphatic carbocycles. The number of methoxy groups -OCH3 is 1. The Bertz CT molecular complexity index is 347. The third-order valence-electron chi connectivity index (χ3n) is 2.77. The Hall–Kier alpha value is -1.38. The summed E-state index contributed by atoms with van der Waals surface area (Å²) < 4.78 is 4.62. The van der Waals surface area contributed by atoms with Gasteiger partial charge in [-0.15, -0.1) is 0 Å². The van der Waals surface area contributed by atoms with Crippen LogP contribution in [0.3, 0.4) is 0 Å². The van der Waals surface area contributed by atoms with Crippen molar-refractivity contribution >= 4 is 11.8 Å². The van der Waals surface area contributed by atoms with E-state index in [4.69, 9.17) is 0 Å². The average molecular weight is 252 g/mol. The first-order valence-corrected chi connectivity index (χ1v) is 6.25. The molecule has 0 unspecified atom stereocenters. The van der Waals surface area contributed by atoms with Gasteiger partial charge in [0.15, 0.2) is 0 Å². The van der Waals surface area contributed by atoms with E-state index in [0.717, 1.165) is 12.8 Å². The lowest BCUT2D eigenvalue weighted by atomic mass is 9.99. The normalized spacial score (nSPS) is 12.8. The summed E-state index contributed by atoms with van der Waals surface area (Å²) in [7, 11) is 1.31. The number of carbonyl (C=O) groups excluding carboxylic acids is 2. The quantitative estimate of drug-likeness (QED) is 0.396. The molecule has 0 fully saturated rings. The van der Waals surface area contributed by atoms with E-state index in [1.54, 1.807) is 0 Å². The number of ketones is 1. The fourth-order valence-electron chi connectivity index (χ4n) is 1.58. The summed E-state index contributed by atoms with van der Waals surface area (Å²) in [5.74, 6) is -1.25. The summed E-state index contributed by atoms with van der Waals surface area (Å²) >= 11 is 0. The number of ether oxygens (including phenoxy) is 1. The molecule has 0 N–H and O–H groups in total. The number of Topliss-reactive ketones (excluding diaryl/α,β-unsaturated/α-hetero) is 1. The molecule has 0 aliphatic heterocycles. The lowest BCUT2D eigenvalue weighted by molar-refractivity contribution is -0.148. The molecule has 102 valence electrons. The molecule has 0 saturated heterocycles. The van der Waals surface area contributed by atoms with E-state index >= 15 is 0 Å². The highest BCUT2D eigenvalue weighted by Crippen LogP contribution is 2.13. The van der Waals surface area contributed by atoms with E-state index < -0.39 is 11.9 Å². The molecule has 3 nitrogen and oxygen atoms in total. The molecule has 0 spiro atoms. The second-order valence-corrected chi connectivity index (χ2v) is 4.79. The van der Waals surface area contributed by atoms with E-state index in [2.05, 4.69) is 24.7 Å². The van der Waals surface area contributed by atoms with E-state index in [0.29, 0.717) is 6.42 Å². The third-order valence-corrected chi connectivity index (χ3v) is 2.77. The highest BCUT2D eigenvalue weighted by molar-refractivity contribution is 5.97. The summed E-state index contributed by atoms with van der Waals surface area (Å²) in [5.41, 5.74) is 2.50. The second-order valence-electron chi connectivity index (χ2n) is 4.79. The Kier molecular flexibility index (Phi) is 8.01. The van der Waals surface area contributed by atoms with Gasteiger partial charge in [-0.2, -0.15) is 0 Å². The number of rotatable bonds is 7. The molecular formula is C15H24O3. The van der Waals surface area contributed by atoms with Crippen LogP contribution in [0.4, 0.5) is 0 Å². The van der Waals surface area contributed by atoms with Crippen molar-refractivity contribution < 1.29 is 14.3 Å². The molecule has 0 aromatic rings. The fraction of sp³-hybridized carbons (Fsp3) is 0.600. The van der Waals surface area contributed by atoms with Crippen molar-refractivity contribution in [2.45, 2.75) is 47.0 Å². The van der Waals surface area contributed by atoms with Crippen LogP contribution >= 0.6 is 0 Å². The molecule has 0 amide bonds. The number of hydrogen-bond acceptors (Lipinski definition) is 3. The number of carbonyl (C=O) groups is 2. The minimum Gasteiger partial charge on any atom is -0.468 e. The van der Waals surface area contributed by atoms with Crippen LogP contribution in [-0.2, 0) is 14.3 Å². The van der Waals surface area contributed by atoms with Crippen molar-refractivity contribution in [1.82, 2.24) is 0 Å².